The van der Waals surface area contributed by atoms with Crippen LogP contribution in [0.1, 0.15) is 11.3 Å². The van der Waals surface area contributed by atoms with Gasteiger partial charge in [-0.25, -0.2) is 0 Å². The van der Waals surface area contributed by atoms with Crippen molar-refractivity contribution in [3.8, 4) is 0 Å². The molecule has 2 aromatic rings. The number of nitrogens with one attached hydrogen (secondary N) is 1. The summed E-state index contributed by atoms with van der Waals surface area (Å²) in [5.41, 5.74) is 3.37. The molecule has 1 N–H and O–H groups in total. The number of halogens is 1. The van der Waals surface area contributed by atoms with E-state index < -0.39 is 0 Å². The second-order valence-electron chi connectivity index (χ2n) is 3.77. The summed E-state index contributed by atoms with van der Waals surface area (Å²) < 4.78 is 2.92. The molecule has 0 fully saturated rings. The highest BCUT2D eigenvalue weighted by Gasteiger charge is 2.02. The highest BCUT2D eigenvalue weighted by molar-refractivity contribution is 9.10. The van der Waals surface area contributed by atoms with Crippen molar-refractivity contribution < 1.29 is 0 Å². The molecule has 3 nitrogen and oxygen atoms in total. The first-order chi connectivity index (χ1) is 7.66. The fraction of sp³-hybridized carbons (Fsp3) is 0.250. The Balaban J connectivity index is 2.07. The summed E-state index contributed by atoms with van der Waals surface area (Å²) in [5, 5.41) is 7.68. The van der Waals surface area contributed by atoms with Crippen molar-refractivity contribution in [2.45, 2.75) is 13.5 Å². The van der Waals surface area contributed by atoms with Crippen LogP contribution < -0.4 is 5.32 Å². The molecular formula is C12H14BrN3. The molecule has 0 aliphatic rings. The lowest BCUT2D eigenvalue weighted by Crippen LogP contribution is -2.02. The third kappa shape index (κ3) is 2.44. The lowest BCUT2D eigenvalue weighted by atomic mass is 10.2. The molecule has 84 valence electrons. The van der Waals surface area contributed by atoms with Crippen LogP contribution in [-0.4, -0.2) is 9.78 Å². The van der Waals surface area contributed by atoms with Gasteiger partial charge in [-0.15, -0.1) is 0 Å². The standard InChI is InChI=1S/C12H14BrN3/c1-9-4-3-5-11(12(9)13)14-8-10-6-7-16(2)15-10/h3-7,14H,8H2,1-2H3. The van der Waals surface area contributed by atoms with Gasteiger partial charge in [0, 0.05) is 23.4 Å². The number of aromatic nitrogens is 2. The van der Waals surface area contributed by atoms with Crippen LogP contribution in [0.3, 0.4) is 0 Å². The highest BCUT2D eigenvalue weighted by Crippen LogP contribution is 2.25. The molecule has 0 spiro atoms. The number of rotatable bonds is 3. The summed E-state index contributed by atoms with van der Waals surface area (Å²) in [6.45, 7) is 2.82. The number of hydrogen-bond acceptors (Lipinski definition) is 2. The average Bonchev–Trinajstić information content (AvgIpc) is 2.67. The van der Waals surface area contributed by atoms with Gasteiger partial charge in [0.25, 0.3) is 0 Å². The van der Waals surface area contributed by atoms with Crippen LogP contribution >= 0.6 is 15.9 Å². The Morgan fingerprint density at radius 1 is 1.38 bits per heavy atom. The largest absolute Gasteiger partial charge is 0.378 e. The van der Waals surface area contributed by atoms with E-state index in [1.165, 1.54) is 5.56 Å². The smallest absolute Gasteiger partial charge is 0.0815 e. The Bertz CT molecular complexity index is 491. The Kier molecular flexibility index (Phi) is 3.29. The van der Waals surface area contributed by atoms with Crippen molar-refractivity contribution in [2.24, 2.45) is 7.05 Å². The molecule has 1 heterocycles. The zero-order valence-corrected chi connectivity index (χ0v) is 11.0. The molecular weight excluding hydrogens is 266 g/mol. The van der Waals surface area contributed by atoms with E-state index in [1.54, 1.807) is 0 Å². The minimum Gasteiger partial charge on any atom is -0.378 e. The van der Waals surface area contributed by atoms with E-state index in [9.17, 15) is 0 Å². The highest BCUT2D eigenvalue weighted by atomic mass is 79.9. The van der Waals surface area contributed by atoms with Crippen molar-refractivity contribution in [1.29, 1.82) is 0 Å². The molecule has 4 heteroatoms. The van der Waals surface area contributed by atoms with E-state index in [-0.39, 0.29) is 0 Å². The first-order valence-corrected chi connectivity index (χ1v) is 5.93. The normalized spacial score (nSPS) is 10.4. The lowest BCUT2D eigenvalue weighted by Gasteiger charge is -2.08. The maximum atomic E-state index is 4.32. The Hall–Kier alpha value is -1.29. The minimum atomic E-state index is 0.739. The first-order valence-electron chi connectivity index (χ1n) is 5.14. The molecule has 0 amide bonds. The predicted octanol–water partition coefficient (Wildman–Crippen LogP) is 3.10. The molecule has 0 bridgehead atoms. The van der Waals surface area contributed by atoms with Crippen LogP contribution in [0, 0.1) is 6.92 Å². The van der Waals surface area contributed by atoms with Crippen molar-refractivity contribution >= 4 is 21.6 Å². The molecule has 0 saturated carbocycles. The van der Waals surface area contributed by atoms with Crippen molar-refractivity contribution in [1.82, 2.24) is 9.78 Å². The summed E-state index contributed by atoms with van der Waals surface area (Å²) in [5.74, 6) is 0. The maximum absolute atomic E-state index is 4.32. The van der Waals surface area contributed by atoms with Gasteiger partial charge in [-0.05, 0) is 40.5 Å². The maximum Gasteiger partial charge on any atom is 0.0815 e. The molecule has 0 unspecified atom stereocenters. The van der Waals surface area contributed by atoms with E-state index in [0.717, 1.165) is 22.4 Å². The number of anilines is 1. The number of aryl methyl sites for hydroxylation is 2. The van der Waals surface area contributed by atoms with Crippen LogP contribution in [0.15, 0.2) is 34.9 Å². The summed E-state index contributed by atoms with van der Waals surface area (Å²) in [6.07, 6.45) is 1.95. The molecule has 2 rings (SSSR count). The van der Waals surface area contributed by atoms with Gasteiger partial charge in [-0.1, -0.05) is 12.1 Å². The number of hydrogen-bond donors (Lipinski definition) is 1. The molecule has 16 heavy (non-hydrogen) atoms. The minimum absolute atomic E-state index is 0.739. The van der Waals surface area contributed by atoms with Crippen LogP contribution in [-0.2, 0) is 13.6 Å². The second kappa shape index (κ2) is 4.70. The Morgan fingerprint density at radius 2 is 2.19 bits per heavy atom. The predicted molar refractivity (Wildman–Crippen MR) is 69.4 cm³/mol. The van der Waals surface area contributed by atoms with Crippen molar-refractivity contribution in [3.63, 3.8) is 0 Å². The van der Waals surface area contributed by atoms with Gasteiger partial charge in [0.2, 0.25) is 0 Å². The van der Waals surface area contributed by atoms with E-state index in [2.05, 4.69) is 45.4 Å². The van der Waals surface area contributed by atoms with Crippen LogP contribution in [0.4, 0.5) is 5.69 Å². The summed E-state index contributed by atoms with van der Waals surface area (Å²) in [4.78, 5) is 0. The van der Waals surface area contributed by atoms with Gasteiger partial charge in [0.05, 0.1) is 12.2 Å². The molecule has 0 radical (unpaired) electrons. The van der Waals surface area contributed by atoms with Crippen molar-refractivity contribution in [3.05, 3.63) is 46.2 Å². The summed E-state index contributed by atoms with van der Waals surface area (Å²) in [6, 6.07) is 8.19. The monoisotopic (exact) mass is 279 g/mol. The molecule has 0 atom stereocenters. The first kappa shape index (κ1) is 11.2. The van der Waals surface area contributed by atoms with Gasteiger partial charge in [0.1, 0.15) is 0 Å². The zero-order chi connectivity index (χ0) is 11.5. The lowest BCUT2D eigenvalue weighted by molar-refractivity contribution is 0.747. The van der Waals surface area contributed by atoms with Crippen LogP contribution in [0.25, 0.3) is 0 Å². The fourth-order valence-electron chi connectivity index (χ4n) is 1.53. The zero-order valence-electron chi connectivity index (χ0n) is 9.37. The van der Waals surface area contributed by atoms with Gasteiger partial charge in [-0.3, -0.25) is 4.68 Å². The second-order valence-corrected chi connectivity index (χ2v) is 4.56. The quantitative estimate of drug-likeness (QED) is 0.936. The fourth-order valence-corrected chi connectivity index (χ4v) is 1.93. The SMILES string of the molecule is Cc1cccc(NCc2ccn(C)n2)c1Br. The van der Waals surface area contributed by atoms with Crippen molar-refractivity contribution in [2.75, 3.05) is 5.32 Å². The number of nitrogens with zero attached hydrogens (tertiary/aromatic N) is 2. The van der Waals surface area contributed by atoms with Gasteiger partial charge < -0.3 is 5.32 Å². The van der Waals surface area contributed by atoms with Gasteiger partial charge >= 0.3 is 0 Å². The molecule has 0 saturated heterocycles. The third-order valence-electron chi connectivity index (χ3n) is 2.42. The van der Waals surface area contributed by atoms with Crippen LogP contribution in [0.5, 0.6) is 0 Å². The van der Waals surface area contributed by atoms with E-state index in [1.807, 2.05) is 30.1 Å². The molecule has 1 aromatic carbocycles. The Morgan fingerprint density at radius 3 is 2.88 bits per heavy atom. The van der Waals surface area contributed by atoms with Gasteiger partial charge in [-0.2, -0.15) is 5.10 Å². The number of benzene rings is 1. The van der Waals surface area contributed by atoms with E-state index >= 15 is 0 Å². The average molecular weight is 280 g/mol. The summed E-state index contributed by atoms with van der Waals surface area (Å²) in [7, 11) is 1.92. The van der Waals surface area contributed by atoms with Gasteiger partial charge in [0.15, 0.2) is 0 Å². The third-order valence-corrected chi connectivity index (χ3v) is 3.47. The topological polar surface area (TPSA) is 29.9 Å². The van der Waals surface area contributed by atoms with E-state index in [0.29, 0.717) is 0 Å². The molecule has 1 aromatic heterocycles. The molecule has 0 aliphatic heterocycles. The van der Waals surface area contributed by atoms with E-state index in [4.69, 9.17) is 0 Å². The molecule has 0 aliphatic carbocycles. The van der Waals surface area contributed by atoms with Crippen LogP contribution in [0.2, 0.25) is 0 Å². The Labute approximate surface area is 104 Å². The summed E-state index contributed by atoms with van der Waals surface area (Å²) >= 11 is 3.57.